The van der Waals surface area contributed by atoms with Gasteiger partial charge in [0.1, 0.15) is 0 Å². The van der Waals surface area contributed by atoms with Crippen molar-refractivity contribution >= 4 is 7.82 Å². The molecular weight excluding hydrogens is 191 g/mol. The van der Waals surface area contributed by atoms with Gasteiger partial charge in [0.15, 0.2) is 0 Å². The molecule has 0 radical (unpaired) electrons. The first-order valence-corrected chi connectivity index (χ1v) is 5.20. The Kier molecular flexibility index (Phi) is 3.63. The van der Waals surface area contributed by atoms with Crippen molar-refractivity contribution < 1.29 is 18.5 Å². The molecule has 0 aliphatic rings. The minimum atomic E-state index is -3.84. The second-order valence-electron chi connectivity index (χ2n) is 2.41. The van der Waals surface area contributed by atoms with Crippen LogP contribution in [0.3, 0.4) is 0 Å². The highest BCUT2D eigenvalue weighted by Gasteiger charge is 2.17. The van der Waals surface area contributed by atoms with Crippen LogP contribution in [0.5, 0.6) is 0 Å². The lowest BCUT2D eigenvalue weighted by Gasteiger charge is -2.08. The van der Waals surface area contributed by atoms with Crippen molar-refractivity contribution in [3.63, 3.8) is 0 Å². The highest BCUT2D eigenvalue weighted by atomic mass is 31.2. The molecule has 72 valence electrons. The zero-order chi connectivity index (χ0) is 9.73. The van der Waals surface area contributed by atoms with Crippen LogP contribution in [0.25, 0.3) is 0 Å². The largest absolute Gasteiger partial charge is 0.472 e. The first-order valence-electron chi connectivity index (χ1n) is 3.71. The summed E-state index contributed by atoms with van der Waals surface area (Å²) in [6, 6.07) is 9.12. The summed E-state index contributed by atoms with van der Waals surface area (Å²) in [6.45, 7) is 0.0719. The number of hydrogen-bond acceptors (Lipinski definition) is 3. The van der Waals surface area contributed by atoms with Crippen LogP contribution in [0.15, 0.2) is 30.3 Å². The summed E-state index contributed by atoms with van der Waals surface area (Å²) >= 11 is 0. The number of hydrogen-bond donors (Lipinski definition) is 1. The van der Waals surface area contributed by atoms with Crippen molar-refractivity contribution in [1.82, 2.24) is 0 Å². The van der Waals surface area contributed by atoms with E-state index in [9.17, 15) is 4.57 Å². The average Bonchev–Trinajstić information content (AvgIpc) is 2.17. The molecule has 0 heterocycles. The molecule has 1 aromatic carbocycles. The van der Waals surface area contributed by atoms with Crippen molar-refractivity contribution in [1.29, 1.82) is 0 Å². The van der Waals surface area contributed by atoms with Gasteiger partial charge in [0.25, 0.3) is 0 Å². The van der Waals surface area contributed by atoms with E-state index in [-0.39, 0.29) is 6.61 Å². The minimum absolute atomic E-state index is 0.0719. The van der Waals surface area contributed by atoms with Crippen LogP contribution in [0.4, 0.5) is 0 Å². The zero-order valence-corrected chi connectivity index (χ0v) is 8.11. The Bertz CT molecular complexity index is 298. The van der Waals surface area contributed by atoms with Gasteiger partial charge in [-0.1, -0.05) is 30.3 Å². The predicted molar refractivity (Wildman–Crippen MR) is 48.1 cm³/mol. The minimum Gasteiger partial charge on any atom is -0.302 e. The molecule has 0 fully saturated rings. The maximum Gasteiger partial charge on any atom is 0.472 e. The summed E-state index contributed by atoms with van der Waals surface area (Å²) in [5.41, 5.74) is 0.828. The van der Waals surface area contributed by atoms with Crippen LogP contribution in [-0.4, -0.2) is 12.0 Å². The Morgan fingerprint density at radius 3 is 2.54 bits per heavy atom. The van der Waals surface area contributed by atoms with Crippen LogP contribution in [0.2, 0.25) is 0 Å². The number of phosphoric acid groups is 1. The lowest BCUT2D eigenvalue weighted by Crippen LogP contribution is -1.92. The quantitative estimate of drug-likeness (QED) is 0.758. The van der Waals surface area contributed by atoms with Gasteiger partial charge in [-0.05, 0) is 5.56 Å². The smallest absolute Gasteiger partial charge is 0.302 e. The fourth-order valence-corrected chi connectivity index (χ4v) is 1.20. The Balaban J connectivity index is 2.49. The molecule has 0 aliphatic heterocycles. The molecule has 1 aromatic rings. The van der Waals surface area contributed by atoms with E-state index in [1.807, 2.05) is 18.2 Å². The molecule has 0 amide bonds. The number of phosphoric ester groups is 1. The van der Waals surface area contributed by atoms with Crippen LogP contribution in [0.1, 0.15) is 5.56 Å². The molecule has 1 rings (SSSR count). The fourth-order valence-electron chi connectivity index (χ4n) is 0.783. The van der Waals surface area contributed by atoms with E-state index >= 15 is 0 Å². The summed E-state index contributed by atoms with van der Waals surface area (Å²) in [5, 5.41) is 0. The van der Waals surface area contributed by atoms with E-state index in [1.54, 1.807) is 12.1 Å². The molecule has 0 spiro atoms. The van der Waals surface area contributed by atoms with Gasteiger partial charge in [-0.2, -0.15) is 0 Å². The normalized spacial score (nSPS) is 15.2. The maximum absolute atomic E-state index is 10.9. The summed E-state index contributed by atoms with van der Waals surface area (Å²) in [7, 11) is -2.71. The van der Waals surface area contributed by atoms with Crippen LogP contribution >= 0.6 is 7.82 Å². The van der Waals surface area contributed by atoms with Gasteiger partial charge in [-0.3, -0.25) is 9.05 Å². The Morgan fingerprint density at radius 2 is 2.00 bits per heavy atom. The third kappa shape index (κ3) is 3.70. The second kappa shape index (κ2) is 4.53. The van der Waals surface area contributed by atoms with Crippen molar-refractivity contribution in [2.24, 2.45) is 0 Å². The Labute approximate surface area is 76.7 Å². The molecule has 13 heavy (non-hydrogen) atoms. The maximum atomic E-state index is 10.9. The van der Waals surface area contributed by atoms with E-state index in [2.05, 4.69) is 9.05 Å². The average molecular weight is 202 g/mol. The molecule has 0 bridgehead atoms. The van der Waals surface area contributed by atoms with Gasteiger partial charge < -0.3 is 4.89 Å². The highest BCUT2D eigenvalue weighted by molar-refractivity contribution is 7.47. The van der Waals surface area contributed by atoms with E-state index < -0.39 is 7.82 Å². The SMILES string of the molecule is COP(=O)(O)OCc1ccccc1. The lowest BCUT2D eigenvalue weighted by molar-refractivity contribution is 0.166. The molecule has 0 aliphatic carbocycles. The number of benzene rings is 1. The summed E-state index contributed by atoms with van der Waals surface area (Å²) in [6.07, 6.45) is 0. The highest BCUT2D eigenvalue weighted by Crippen LogP contribution is 2.42. The molecule has 1 atom stereocenters. The van der Waals surface area contributed by atoms with Gasteiger partial charge in [-0.15, -0.1) is 0 Å². The van der Waals surface area contributed by atoms with Crippen LogP contribution in [0, 0.1) is 0 Å². The summed E-state index contributed by atoms with van der Waals surface area (Å²) < 4.78 is 19.8. The molecular formula is C8H11O4P. The van der Waals surface area contributed by atoms with Gasteiger partial charge in [0, 0.05) is 7.11 Å². The van der Waals surface area contributed by atoms with Crippen LogP contribution < -0.4 is 0 Å². The number of rotatable bonds is 4. The van der Waals surface area contributed by atoms with Crippen molar-refractivity contribution in [3.05, 3.63) is 35.9 Å². The molecule has 1 unspecified atom stereocenters. The van der Waals surface area contributed by atoms with Crippen LogP contribution in [-0.2, 0) is 20.2 Å². The van der Waals surface area contributed by atoms with Crippen molar-refractivity contribution in [2.45, 2.75) is 6.61 Å². The lowest BCUT2D eigenvalue weighted by atomic mass is 10.2. The van der Waals surface area contributed by atoms with Gasteiger partial charge in [0.05, 0.1) is 6.61 Å². The Hall–Kier alpha value is -0.670. The predicted octanol–water partition coefficient (Wildman–Crippen LogP) is 1.95. The molecule has 1 N–H and O–H groups in total. The first kappa shape index (κ1) is 10.4. The van der Waals surface area contributed by atoms with Gasteiger partial charge >= 0.3 is 7.82 Å². The Morgan fingerprint density at radius 1 is 1.38 bits per heavy atom. The van der Waals surface area contributed by atoms with Gasteiger partial charge in [-0.25, -0.2) is 4.57 Å². The molecule has 0 aromatic heterocycles. The third-order valence-corrected chi connectivity index (χ3v) is 2.38. The third-order valence-electron chi connectivity index (χ3n) is 1.47. The molecule has 5 heteroatoms. The van der Waals surface area contributed by atoms with Gasteiger partial charge in [0.2, 0.25) is 0 Å². The van der Waals surface area contributed by atoms with Crippen molar-refractivity contribution in [3.8, 4) is 0 Å². The molecule has 4 nitrogen and oxygen atoms in total. The molecule has 0 saturated carbocycles. The second-order valence-corrected chi connectivity index (χ2v) is 3.97. The summed E-state index contributed by atoms with van der Waals surface area (Å²) in [5.74, 6) is 0. The zero-order valence-electron chi connectivity index (χ0n) is 7.21. The van der Waals surface area contributed by atoms with E-state index in [0.717, 1.165) is 12.7 Å². The van der Waals surface area contributed by atoms with E-state index in [4.69, 9.17) is 4.89 Å². The standard InChI is InChI=1S/C8H11O4P/c1-11-13(9,10)12-7-8-5-3-2-4-6-8/h2-6H,7H2,1H3,(H,9,10). The van der Waals surface area contributed by atoms with E-state index in [0.29, 0.717) is 0 Å². The monoisotopic (exact) mass is 202 g/mol. The molecule has 0 saturated heterocycles. The summed E-state index contributed by atoms with van der Waals surface area (Å²) in [4.78, 5) is 8.90. The van der Waals surface area contributed by atoms with Crippen molar-refractivity contribution in [2.75, 3.05) is 7.11 Å². The topological polar surface area (TPSA) is 55.8 Å². The first-order chi connectivity index (χ1) is 6.14. The fraction of sp³-hybridized carbons (Fsp3) is 0.250. The van der Waals surface area contributed by atoms with E-state index in [1.165, 1.54) is 0 Å².